The standard InChI is InChI=1S/C26H28N4O5/c1-6-35-26(32)23-10-9-22(14-24(23)30(33)34)29-18(4)12-21(19(29)5)15-27-28-25(31)13-20-8-7-16(2)11-17(20)3/h7-12,14-15H,6,13H2,1-5H3,(H,28,31)/b27-15+. The topological polar surface area (TPSA) is 116 Å². The Morgan fingerprint density at radius 1 is 1.11 bits per heavy atom. The van der Waals surface area contributed by atoms with Crippen LogP contribution >= 0.6 is 0 Å². The van der Waals surface area contributed by atoms with Gasteiger partial charge in [0.25, 0.3) is 5.69 Å². The smallest absolute Gasteiger partial charge is 0.345 e. The quantitative estimate of drug-likeness (QED) is 0.223. The molecule has 0 aliphatic rings. The van der Waals surface area contributed by atoms with Crippen molar-refractivity contribution in [3.05, 3.63) is 91.8 Å². The lowest BCUT2D eigenvalue weighted by Gasteiger charge is -2.11. The van der Waals surface area contributed by atoms with Crippen molar-refractivity contribution in [2.24, 2.45) is 5.10 Å². The minimum atomic E-state index is -0.740. The molecular weight excluding hydrogens is 448 g/mol. The van der Waals surface area contributed by atoms with Crippen LogP contribution in [0.1, 0.15) is 50.9 Å². The van der Waals surface area contributed by atoms with Gasteiger partial charge in [0.1, 0.15) is 5.56 Å². The maximum Gasteiger partial charge on any atom is 0.345 e. The van der Waals surface area contributed by atoms with Crippen molar-refractivity contribution in [2.75, 3.05) is 6.61 Å². The monoisotopic (exact) mass is 476 g/mol. The number of hydrogen-bond donors (Lipinski definition) is 1. The van der Waals surface area contributed by atoms with Gasteiger partial charge in [-0.25, -0.2) is 10.2 Å². The number of nitrogens with one attached hydrogen (secondary N) is 1. The van der Waals surface area contributed by atoms with E-state index in [2.05, 4.69) is 10.5 Å². The number of carbonyl (C=O) groups is 2. The molecule has 0 saturated carbocycles. The molecule has 0 atom stereocenters. The number of hydrazone groups is 1. The van der Waals surface area contributed by atoms with Gasteiger partial charge < -0.3 is 9.30 Å². The fraction of sp³-hybridized carbons (Fsp3) is 0.269. The highest BCUT2D eigenvalue weighted by Gasteiger charge is 2.23. The summed E-state index contributed by atoms with van der Waals surface area (Å²) in [5, 5.41) is 15.7. The molecule has 0 fully saturated rings. The number of amides is 1. The number of carbonyl (C=O) groups excluding carboxylic acids is 2. The molecule has 0 spiro atoms. The number of hydrogen-bond acceptors (Lipinski definition) is 6. The Bertz CT molecular complexity index is 1320. The van der Waals surface area contributed by atoms with Gasteiger partial charge in [-0.1, -0.05) is 23.8 Å². The number of nitro groups is 1. The van der Waals surface area contributed by atoms with Crippen LogP contribution in [-0.4, -0.2) is 34.2 Å². The molecule has 2 aromatic carbocycles. The van der Waals surface area contributed by atoms with Crippen LogP contribution in [0.2, 0.25) is 0 Å². The highest BCUT2D eigenvalue weighted by atomic mass is 16.6. The van der Waals surface area contributed by atoms with Crippen LogP contribution in [0.3, 0.4) is 0 Å². The molecule has 9 heteroatoms. The summed E-state index contributed by atoms with van der Waals surface area (Å²) in [7, 11) is 0. The number of ether oxygens (including phenoxy) is 1. The highest BCUT2D eigenvalue weighted by Crippen LogP contribution is 2.27. The maximum absolute atomic E-state index is 12.3. The molecule has 0 saturated heterocycles. The van der Waals surface area contributed by atoms with E-state index in [0.717, 1.165) is 33.6 Å². The van der Waals surface area contributed by atoms with Crippen LogP contribution in [-0.2, 0) is 16.0 Å². The highest BCUT2D eigenvalue weighted by molar-refractivity contribution is 5.94. The van der Waals surface area contributed by atoms with E-state index in [4.69, 9.17) is 4.74 Å². The second kappa shape index (κ2) is 10.8. The van der Waals surface area contributed by atoms with Gasteiger partial charge in [0, 0.05) is 23.0 Å². The predicted molar refractivity (Wildman–Crippen MR) is 133 cm³/mol. The summed E-state index contributed by atoms with van der Waals surface area (Å²) in [6, 6.07) is 12.2. The van der Waals surface area contributed by atoms with Crippen LogP contribution < -0.4 is 5.43 Å². The van der Waals surface area contributed by atoms with Crippen molar-refractivity contribution in [2.45, 2.75) is 41.0 Å². The molecule has 0 unspecified atom stereocenters. The maximum atomic E-state index is 12.3. The molecule has 0 aliphatic carbocycles. The van der Waals surface area contributed by atoms with E-state index in [-0.39, 0.29) is 30.2 Å². The number of esters is 1. The number of rotatable bonds is 8. The summed E-state index contributed by atoms with van der Waals surface area (Å²) < 4.78 is 6.75. The zero-order chi connectivity index (χ0) is 25.7. The lowest BCUT2D eigenvalue weighted by molar-refractivity contribution is -0.385. The Hall–Kier alpha value is -4.27. The van der Waals surface area contributed by atoms with Gasteiger partial charge >= 0.3 is 5.97 Å². The van der Waals surface area contributed by atoms with E-state index in [1.807, 2.05) is 56.5 Å². The van der Waals surface area contributed by atoms with Gasteiger partial charge in [-0.2, -0.15) is 5.10 Å². The van der Waals surface area contributed by atoms with E-state index in [1.165, 1.54) is 12.1 Å². The van der Waals surface area contributed by atoms with Gasteiger partial charge in [0.15, 0.2) is 0 Å². The second-order valence-corrected chi connectivity index (χ2v) is 8.24. The summed E-state index contributed by atoms with van der Waals surface area (Å²) in [5.41, 5.74) is 8.10. The molecular formula is C26H28N4O5. The molecule has 1 N–H and O–H groups in total. The number of benzene rings is 2. The third kappa shape index (κ3) is 5.81. The lowest BCUT2D eigenvalue weighted by Crippen LogP contribution is -2.20. The SMILES string of the molecule is CCOC(=O)c1ccc(-n2c(C)cc(/C=N/NC(=O)Cc3ccc(C)cc3C)c2C)cc1[N+](=O)[O-]. The van der Waals surface area contributed by atoms with Crippen molar-refractivity contribution in [3.8, 4) is 5.69 Å². The minimum Gasteiger partial charge on any atom is -0.462 e. The first-order chi connectivity index (χ1) is 16.6. The van der Waals surface area contributed by atoms with E-state index in [1.54, 1.807) is 19.2 Å². The van der Waals surface area contributed by atoms with Crippen LogP contribution in [0.15, 0.2) is 47.6 Å². The van der Waals surface area contributed by atoms with E-state index >= 15 is 0 Å². The summed E-state index contributed by atoms with van der Waals surface area (Å²) in [6.45, 7) is 9.43. The normalized spacial score (nSPS) is 11.0. The van der Waals surface area contributed by atoms with Gasteiger partial charge in [0.05, 0.1) is 29.9 Å². The second-order valence-electron chi connectivity index (χ2n) is 8.24. The lowest BCUT2D eigenvalue weighted by atomic mass is 10.0. The molecule has 0 bridgehead atoms. The zero-order valence-corrected chi connectivity index (χ0v) is 20.4. The third-order valence-electron chi connectivity index (χ3n) is 5.64. The van der Waals surface area contributed by atoms with Crippen molar-refractivity contribution in [1.29, 1.82) is 0 Å². The minimum absolute atomic E-state index is 0.101. The molecule has 9 nitrogen and oxygen atoms in total. The summed E-state index contributed by atoms with van der Waals surface area (Å²) in [6.07, 6.45) is 1.76. The van der Waals surface area contributed by atoms with Gasteiger partial charge in [-0.15, -0.1) is 0 Å². The molecule has 1 aromatic heterocycles. The molecule has 0 radical (unpaired) electrons. The predicted octanol–water partition coefficient (Wildman–Crippen LogP) is 4.49. The van der Waals surface area contributed by atoms with Gasteiger partial charge in [-0.05, 0) is 63.9 Å². The molecule has 3 rings (SSSR count). The Morgan fingerprint density at radius 3 is 2.51 bits per heavy atom. The molecule has 182 valence electrons. The first-order valence-corrected chi connectivity index (χ1v) is 11.1. The zero-order valence-electron chi connectivity index (χ0n) is 20.4. The molecule has 1 amide bonds. The van der Waals surface area contributed by atoms with Crippen LogP contribution in [0, 0.1) is 37.8 Å². The molecule has 0 aliphatic heterocycles. The van der Waals surface area contributed by atoms with E-state index < -0.39 is 10.9 Å². The largest absolute Gasteiger partial charge is 0.462 e. The Kier molecular flexibility index (Phi) is 7.80. The third-order valence-corrected chi connectivity index (χ3v) is 5.64. The summed E-state index contributed by atoms with van der Waals surface area (Å²) >= 11 is 0. The Balaban J connectivity index is 1.80. The average Bonchev–Trinajstić information content (AvgIpc) is 3.08. The number of aromatic nitrogens is 1. The van der Waals surface area contributed by atoms with E-state index in [9.17, 15) is 19.7 Å². The fourth-order valence-electron chi connectivity index (χ4n) is 3.94. The molecule has 1 heterocycles. The van der Waals surface area contributed by atoms with Crippen LogP contribution in [0.5, 0.6) is 0 Å². The number of nitrogens with zero attached hydrogens (tertiary/aromatic N) is 3. The van der Waals surface area contributed by atoms with Gasteiger partial charge in [-0.3, -0.25) is 14.9 Å². The average molecular weight is 477 g/mol. The van der Waals surface area contributed by atoms with Gasteiger partial charge in [0.2, 0.25) is 5.91 Å². The van der Waals surface area contributed by atoms with Crippen LogP contribution in [0.25, 0.3) is 5.69 Å². The summed E-state index contributed by atoms with van der Waals surface area (Å²) in [5.74, 6) is -0.969. The van der Waals surface area contributed by atoms with E-state index in [0.29, 0.717) is 5.69 Å². The van der Waals surface area contributed by atoms with Crippen LogP contribution in [0.4, 0.5) is 5.69 Å². The van der Waals surface area contributed by atoms with Crippen molar-refractivity contribution < 1.29 is 19.2 Å². The number of aryl methyl sites for hydroxylation is 3. The Labute approximate surface area is 203 Å². The van der Waals surface area contributed by atoms with Crippen molar-refractivity contribution in [3.63, 3.8) is 0 Å². The molecule has 35 heavy (non-hydrogen) atoms. The Morgan fingerprint density at radius 2 is 1.86 bits per heavy atom. The van der Waals surface area contributed by atoms with Crippen molar-refractivity contribution in [1.82, 2.24) is 9.99 Å². The first-order valence-electron chi connectivity index (χ1n) is 11.1. The first kappa shape index (κ1) is 25.4. The fourth-order valence-corrected chi connectivity index (χ4v) is 3.94. The molecule has 3 aromatic rings. The summed E-state index contributed by atoms with van der Waals surface area (Å²) in [4.78, 5) is 35.4. The van der Waals surface area contributed by atoms with Crippen molar-refractivity contribution >= 4 is 23.8 Å². The number of nitro benzene ring substituents is 1.